The third-order valence-corrected chi connectivity index (χ3v) is 4.74. The maximum absolute atomic E-state index is 14.4. The van der Waals surface area contributed by atoms with Gasteiger partial charge in [0.15, 0.2) is 17.3 Å². The Morgan fingerprint density at radius 2 is 2.12 bits per heavy atom. The molecule has 6 heteroatoms. The van der Waals surface area contributed by atoms with Crippen LogP contribution in [0.3, 0.4) is 0 Å². The van der Waals surface area contributed by atoms with E-state index < -0.39 is 11.6 Å². The van der Waals surface area contributed by atoms with E-state index in [4.69, 9.17) is 4.74 Å². The van der Waals surface area contributed by atoms with Crippen molar-refractivity contribution in [2.45, 2.75) is 0 Å². The second-order valence-corrected chi connectivity index (χ2v) is 6.27. The van der Waals surface area contributed by atoms with Crippen molar-refractivity contribution in [3.05, 3.63) is 70.4 Å². The van der Waals surface area contributed by atoms with E-state index in [-0.39, 0.29) is 11.3 Å². The molecule has 124 valence electrons. The number of hydrogen-bond acceptors (Lipinski definition) is 4. The van der Waals surface area contributed by atoms with Crippen LogP contribution in [0, 0.1) is 5.82 Å². The highest BCUT2D eigenvalue weighted by Crippen LogP contribution is 2.29. The minimum atomic E-state index is -0.661. The number of rotatable bonds is 4. The molecule has 0 fully saturated rings. The molecule has 0 spiro atoms. The Morgan fingerprint density at radius 3 is 2.88 bits per heavy atom. The predicted octanol–water partition coefficient (Wildman–Crippen LogP) is 4.67. The number of nitrogens with zero attached hydrogens (tertiary/aromatic N) is 1. The van der Waals surface area contributed by atoms with Crippen molar-refractivity contribution >= 4 is 28.2 Å². The summed E-state index contributed by atoms with van der Waals surface area (Å²) in [7, 11) is 1.37. The molecule has 0 atom stereocenters. The van der Waals surface area contributed by atoms with Gasteiger partial charge in [-0.2, -0.15) is 11.3 Å². The summed E-state index contributed by atoms with van der Waals surface area (Å²) >= 11 is 1.59. The molecule has 0 saturated carbocycles. The summed E-state index contributed by atoms with van der Waals surface area (Å²) in [6.07, 6.45) is 3.32. The van der Waals surface area contributed by atoms with Crippen molar-refractivity contribution in [1.82, 2.24) is 9.97 Å². The van der Waals surface area contributed by atoms with E-state index in [1.54, 1.807) is 29.8 Å². The molecule has 3 aromatic heterocycles. The van der Waals surface area contributed by atoms with Gasteiger partial charge in [0.05, 0.1) is 12.7 Å². The van der Waals surface area contributed by atoms with E-state index in [2.05, 4.69) is 9.97 Å². The fraction of sp³-hybridized carbons (Fsp3) is 0.0526. The first kappa shape index (κ1) is 15.5. The first-order valence-corrected chi connectivity index (χ1v) is 8.50. The van der Waals surface area contributed by atoms with Gasteiger partial charge in [-0.3, -0.25) is 4.79 Å². The Bertz CT molecular complexity index is 1070. The molecular formula is C19H13FN2O2S. The summed E-state index contributed by atoms with van der Waals surface area (Å²) in [5.74, 6) is -1.03. The van der Waals surface area contributed by atoms with E-state index in [9.17, 15) is 9.18 Å². The minimum absolute atomic E-state index is 0.0267. The molecule has 0 aliphatic rings. The Morgan fingerprint density at radius 1 is 1.24 bits per heavy atom. The monoisotopic (exact) mass is 352 g/mol. The van der Waals surface area contributed by atoms with Gasteiger partial charge in [0.25, 0.3) is 0 Å². The molecule has 25 heavy (non-hydrogen) atoms. The molecule has 3 heterocycles. The molecule has 4 nitrogen and oxygen atoms in total. The number of ketones is 1. The van der Waals surface area contributed by atoms with Gasteiger partial charge in [0.2, 0.25) is 0 Å². The number of carbonyl (C=O) groups excluding carboxylic acids is 1. The van der Waals surface area contributed by atoms with E-state index in [0.717, 1.165) is 11.1 Å². The van der Waals surface area contributed by atoms with E-state index in [1.807, 2.05) is 22.9 Å². The molecule has 0 saturated heterocycles. The average Bonchev–Trinajstić information content (AvgIpc) is 3.30. The summed E-state index contributed by atoms with van der Waals surface area (Å²) in [5.41, 5.74) is 2.89. The second kappa shape index (κ2) is 6.14. The topological polar surface area (TPSA) is 55.0 Å². The third kappa shape index (κ3) is 2.60. The molecule has 0 aliphatic heterocycles. The predicted molar refractivity (Wildman–Crippen MR) is 95.8 cm³/mol. The van der Waals surface area contributed by atoms with Crippen molar-refractivity contribution in [2.24, 2.45) is 0 Å². The van der Waals surface area contributed by atoms with E-state index in [0.29, 0.717) is 16.6 Å². The van der Waals surface area contributed by atoms with Gasteiger partial charge < -0.3 is 9.72 Å². The van der Waals surface area contributed by atoms with E-state index >= 15 is 0 Å². The number of nitrogens with one attached hydrogen (secondary N) is 1. The summed E-state index contributed by atoms with van der Waals surface area (Å²) in [4.78, 5) is 20.2. The molecule has 0 aliphatic carbocycles. The zero-order valence-electron chi connectivity index (χ0n) is 13.2. The molecular weight excluding hydrogens is 339 g/mol. The summed E-state index contributed by atoms with van der Waals surface area (Å²) < 4.78 is 19.4. The number of methoxy groups -OCH3 is 1. The number of thiophene rings is 1. The van der Waals surface area contributed by atoms with Gasteiger partial charge >= 0.3 is 0 Å². The standard InChI is InChI=1S/C19H13FN2O2S/c1-24-16-4-2-3-13(17(16)20)18(23)15-9-22-19-14(15)7-12(8-21-19)11-5-6-25-10-11/h2-10H,1H3,(H,21,22). The van der Waals surface area contributed by atoms with Gasteiger partial charge in [0.1, 0.15) is 5.65 Å². The largest absolute Gasteiger partial charge is 0.494 e. The Balaban J connectivity index is 1.84. The number of pyridine rings is 1. The van der Waals surface area contributed by atoms with Crippen molar-refractivity contribution in [3.63, 3.8) is 0 Å². The fourth-order valence-corrected chi connectivity index (χ4v) is 3.43. The lowest BCUT2D eigenvalue weighted by Gasteiger charge is -2.06. The van der Waals surface area contributed by atoms with Crippen molar-refractivity contribution in [1.29, 1.82) is 0 Å². The van der Waals surface area contributed by atoms with Gasteiger partial charge in [0, 0.05) is 28.9 Å². The van der Waals surface area contributed by atoms with Gasteiger partial charge in [-0.05, 0) is 40.6 Å². The smallest absolute Gasteiger partial charge is 0.198 e. The second-order valence-electron chi connectivity index (χ2n) is 5.49. The zero-order valence-corrected chi connectivity index (χ0v) is 14.1. The molecule has 4 aromatic rings. The number of aromatic nitrogens is 2. The van der Waals surface area contributed by atoms with Crippen LogP contribution in [0.4, 0.5) is 4.39 Å². The van der Waals surface area contributed by atoms with Crippen LogP contribution >= 0.6 is 11.3 Å². The number of hydrogen-bond donors (Lipinski definition) is 1. The summed E-state index contributed by atoms with van der Waals surface area (Å²) in [6.45, 7) is 0. The Hall–Kier alpha value is -2.99. The number of H-pyrrole nitrogens is 1. The number of carbonyl (C=O) groups is 1. The van der Waals surface area contributed by atoms with Crippen LogP contribution in [0.2, 0.25) is 0 Å². The summed E-state index contributed by atoms with van der Waals surface area (Å²) in [6, 6.07) is 8.42. The van der Waals surface area contributed by atoms with Gasteiger partial charge in [-0.25, -0.2) is 9.37 Å². The molecule has 0 radical (unpaired) electrons. The first-order valence-electron chi connectivity index (χ1n) is 7.56. The minimum Gasteiger partial charge on any atom is -0.494 e. The van der Waals surface area contributed by atoms with Gasteiger partial charge in [-0.15, -0.1) is 0 Å². The normalized spacial score (nSPS) is 11.0. The number of ether oxygens (including phenoxy) is 1. The van der Waals surface area contributed by atoms with Crippen LogP contribution in [0.5, 0.6) is 5.75 Å². The maximum Gasteiger partial charge on any atom is 0.198 e. The van der Waals surface area contributed by atoms with Crippen LogP contribution < -0.4 is 4.74 Å². The molecule has 1 aromatic carbocycles. The molecule has 0 amide bonds. The number of fused-ring (bicyclic) bond motifs is 1. The van der Waals surface area contributed by atoms with Crippen LogP contribution in [0.25, 0.3) is 22.2 Å². The van der Waals surface area contributed by atoms with Crippen LogP contribution in [0.1, 0.15) is 15.9 Å². The number of aromatic amines is 1. The van der Waals surface area contributed by atoms with Crippen LogP contribution in [-0.4, -0.2) is 22.9 Å². The number of benzene rings is 1. The SMILES string of the molecule is COc1cccc(C(=O)c2c[nH]c3ncc(-c4ccsc4)cc23)c1F. The summed E-state index contributed by atoms with van der Waals surface area (Å²) in [5, 5.41) is 4.66. The Labute approximate surface area is 146 Å². The lowest BCUT2D eigenvalue weighted by molar-refractivity contribution is 0.103. The highest BCUT2D eigenvalue weighted by Gasteiger charge is 2.20. The lowest BCUT2D eigenvalue weighted by atomic mass is 10.0. The highest BCUT2D eigenvalue weighted by atomic mass is 32.1. The van der Waals surface area contributed by atoms with Crippen LogP contribution in [0.15, 0.2) is 53.5 Å². The third-order valence-electron chi connectivity index (χ3n) is 4.06. The van der Waals surface area contributed by atoms with E-state index in [1.165, 1.54) is 19.2 Å². The molecule has 0 unspecified atom stereocenters. The maximum atomic E-state index is 14.4. The quantitative estimate of drug-likeness (QED) is 0.543. The fourth-order valence-electron chi connectivity index (χ4n) is 2.77. The van der Waals surface area contributed by atoms with Crippen molar-refractivity contribution < 1.29 is 13.9 Å². The number of halogens is 1. The average molecular weight is 352 g/mol. The lowest BCUT2D eigenvalue weighted by Crippen LogP contribution is -2.05. The van der Waals surface area contributed by atoms with Crippen molar-refractivity contribution in [2.75, 3.05) is 7.11 Å². The van der Waals surface area contributed by atoms with Crippen molar-refractivity contribution in [3.8, 4) is 16.9 Å². The molecule has 4 rings (SSSR count). The molecule has 0 bridgehead atoms. The molecule has 1 N–H and O–H groups in total. The zero-order chi connectivity index (χ0) is 17.4. The first-order chi connectivity index (χ1) is 12.2. The van der Waals surface area contributed by atoms with Gasteiger partial charge in [-0.1, -0.05) is 6.07 Å². The van der Waals surface area contributed by atoms with Crippen LogP contribution in [-0.2, 0) is 0 Å². The Kier molecular flexibility index (Phi) is 3.82. The highest BCUT2D eigenvalue weighted by molar-refractivity contribution is 7.08.